The van der Waals surface area contributed by atoms with Crippen molar-refractivity contribution in [2.24, 2.45) is 0 Å². The fraction of sp³-hybridized carbons (Fsp3) is 0.250. The quantitative estimate of drug-likeness (QED) is 0.862. The van der Waals surface area contributed by atoms with Gasteiger partial charge in [0.15, 0.2) is 0 Å². The van der Waals surface area contributed by atoms with Gasteiger partial charge < -0.3 is 5.73 Å². The SMILES string of the molecule is CC(c1ccccc1F)N(C)Cc1ccc(F)cc1N. The monoisotopic (exact) mass is 276 g/mol. The molecule has 2 aromatic rings. The van der Waals surface area contributed by atoms with Crippen molar-refractivity contribution in [3.05, 3.63) is 65.2 Å². The highest BCUT2D eigenvalue weighted by molar-refractivity contribution is 5.46. The Morgan fingerprint density at radius 2 is 1.85 bits per heavy atom. The molecule has 0 saturated heterocycles. The first-order chi connectivity index (χ1) is 9.49. The summed E-state index contributed by atoms with van der Waals surface area (Å²) < 4.78 is 26.8. The topological polar surface area (TPSA) is 29.3 Å². The third-order valence-electron chi connectivity index (χ3n) is 3.54. The molecule has 0 aliphatic rings. The molecule has 2 nitrogen and oxygen atoms in total. The molecule has 0 amide bonds. The van der Waals surface area contributed by atoms with Crippen LogP contribution in [0.3, 0.4) is 0 Å². The lowest BCUT2D eigenvalue weighted by Crippen LogP contribution is -2.23. The maximum Gasteiger partial charge on any atom is 0.127 e. The summed E-state index contributed by atoms with van der Waals surface area (Å²) in [5, 5.41) is 0. The van der Waals surface area contributed by atoms with Crippen molar-refractivity contribution in [1.29, 1.82) is 0 Å². The van der Waals surface area contributed by atoms with Crippen molar-refractivity contribution in [3.63, 3.8) is 0 Å². The van der Waals surface area contributed by atoms with Gasteiger partial charge in [-0.2, -0.15) is 0 Å². The maximum absolute atomic E-state index is 13.8. The molecule has 0 bridgehead atoms. The zero-order chi connectivity index (χ0) is 14.7. The smallest absolute Gasteiger partial charge is 0.127 e. The Morgan fingerprint density at radius 1 is 1.15 bits per heavy atom. The van der Waals surface area contributed by atoms with E-state index in [0.717, 1.165) is 5.56 Å². The third-order valence-corrected chi connectivity index (χ3v) is 3.54. The van der Waals surface area contributed by atoms with E-state index in [1.54, 1.807) is 18.2 Å². The molecule has 1 unspecified atom stereocenters. The lowest BCUT2D eigenvalue weighted by Gasteiger charge is -2.26. The molecule has 4 heteroatoms. The molecule has 0 saturated carbocycles. The van der Waals surface area contributed by atoms with Gasteiger partial charge >= 0.3 is 0 Å². The van der Waals surface area contributed by atoms with Crippen LogP contribution in [-0.2, 0) is 6.54 Å². The maximum atomic E-state index is 13.8. The number of nitrogen functional groups attached to an aromatic ring is 1. The Kier molecular flexibility index (Phi) is 4.35. The van der Waals surface area contributed by atoms with Crippen LogP contribution in [0.15, 0.2) is 42.5 Å². The summed E-state index contributed by atoms with van der Waals surface area (Å²) in [5.41, 5.74) is 7.68. The summed E-state index contributed by atoms with van der Waals surface area (Å²) in [5.74, 6) is -0.574. The number of hydrogen-bond acceptors (Lipinski definition) is 2. The summed E-state index contributed by atoms with van der Waals surface area (Å²) in [4.78, 5) is 1.97. The molecule has 2 rings (SSSR count). The van der Waals surface area contributed by atoms with Gasteiger partial charge in [0.2, 0.25) is 0 Å². The number of benzene rings is 2. The first-order valence-electron chi connectivity index (χ1n) is 6.47. The van der Waals surface area contributed by atoms with Crippen LogP contribution < -0.4 is 5.73 Å². The van der Waals surface area contributed by atoms with E-state index in [-0.39, 0.29) is 17.7 Å². The van der Waals surface area contributed by atoms with Crippen LogP contribution in [-0.4, -0.2) is 11.9 Å². The Balaban J connectivity index is 2.15. The Bertz CT molecular complexity index is 599. The first-order valence-corrected chi connectivity index (χ1v) is 6.47. The number of nitrogens with zero attached hydrogens (tertiary/aromatic N) is 1. The zero-order valence-electron chi connectivity index (χ0n) is 11.6. The molecule has 20 heavy (non-hydrogen) atoms. The highest BCUT2D eigenvalue weighted by atomic mass is 19.1. The van der Waals surface area contributed by atoms with Crippen LogP contribution in [0.2, 0.25) is 0 Å². The average molecular weight is 276 g/mol. The van der Waals surface area contributed by atoms with E-state index < -0.39 is 0 Å². The molecule has 0 spiro atoms. The number of nitrogens with two attached hydrogens (primary N) is 1. The second-order valence-electron chi connectivity index (χ2n) is 4.96. The molecule has 0 fully saturated rings. The van der Waals surface area contributed by atoms with E-state index in [1.807, 2.05) is 24.9 Å². The van der Waals surface area contributed by atoms with Crippen molar-refractivity contribution < 1.29 is 8.78 Å². The Morgan fingerprint density at radius 3 is 2.50 bits per heavy atom. The van der Waals surface area contributed by atoms with E-state index in [2.05, 4.69) is 0 Å². The van der Waals surface area contributed by atoms with Gasteiger partial charge in [0, 0.05) is 23.8 Å². The van der Waals surface area contributed by atoms with Crippen molar-refractivity contribution in [3.8, 4) is 0 Å². The zero-order valence-corrected chi connectivity index (χ0v) is 11.6. The summed E-state index contributed by atoms with van der Waals surface area (Å²) in [6.07, 6.45) is 0. The number of halogens is 2. The molecule has 1 atom stereocenters. The van der Waals surface area contributed by atoms with Gasteiger partial charge in [0.25, 0.3) is 0 Å². The van der Waals surface area contributed by atoms with Gasteiger partial charge in [-0.05, 0) is 37.7 Å². The van der Waals surface area contributed by atoms with Crippen LogP contribution in [0.5, 0.6) is 0 Å². The molecule has 0 radical (unpaired) electrons. The Hall–Kier alpha value is -1.94. The van der Waals surface area contributed by atoms with E-state index >= 15 is 0 Å². The molecule has 2 aromatic carbocycles. The number of rotatable bonds is 4. The average Bonchev–Trinajstić information content (AvgIpc) is 2.41. The predicted molar refractivity (Wildman–Crippen MR) is 77.1 cm³/mol. The fourth-order valence-electron chi connectivity index (χ4n) is 2.17. The number of anilines is 1. The van der Waals surface area contributed by atoms with Gasteiger partial charge in [0.05, 0.1) is 0 Å². The van der Waals surface area contributed by atoms with Crippen molar-refractivity contribution in [2.75, 3.05) is 12.8 Å². The lowest BCUT2D eigenvalue weighted by molar-refractivity contribution is 0.248. The summed E-state index contributed by atoms with van der Waals surface area (Å²) in [7, 11) is 1.89. The minimum absolute atomic E-state index is 0.0966. The van der Waals surface area contributed by atoms with E-state index in [0.29, 0.717) is 17.8 Å². The molecule has 0 aliphatic carbocycles. The second-order valence-corrected chi connectivity index (χ2v) is 4.96. The standard InChI is InChI=1S/C16H18F2N2/c1-11(14-5-3-4-6-15(14)18)20(2)10-12-7-8-13(17)9-16(12)19/h3-9,11H,10,19H2,1-2H3. The lowest BCUT2D eigenvalue weighted by atomic mass is 10.1. The van der Waals surface area contributed by atoms with Gasteiger partial charge in [0.1, 0.15) is 11.6 Å². The largest absolute Gasteiger partial charge is 0.398 e. The highest BCUT2D eigenvalue weighted by Crippen LogP contribution is 2.24. The van der Waals surface area contributed by atoms with E-state index in [4.69, 9.17) is 5.73 Å². The van der Waals surface area contributed by atoms with Crippen LogP contribution in [0.4, 0.5) is 14.5 Å². The third kappa shape index (κ3) is 3.14. The van der Waals surface area contributed by atoms with Crippen molar-refractivity contribution in [2.45, 2.75) is 19.5 Å². The highest BCUT2D eigenvalue weighted by Gasteiger charge is 2.16. The second kappa shape index (κ2) is 6.01. The molecular formula is C16H18F2N2. The van der Waals surface area contributed by atoms with Gasteiger partial charge in [-0.25, -0.2) is 8.78 Å². The van der Waals surface area contributed by atoms with Crippen LogP contribution >= 0.6 is 0 Å². The molecule has 2 N–H and O–H groups in total. The Labute approximate surface area is 117 Å². The number of hydrogen-bond donors (Lipinski definition) is 1. The minimum Gasteiger partial charge on any atom is -0.398 e. The molecule has 0 aromatic heterocycles. The van der Waals surface area contributed by atoms with E-state index in [1.165, 1.54) is 18.2 Å². The van der Waals surface area contributed by atoms with Gasteiger partial charge in [-0.15, -0.1) is 0 Å². The first kappa shape index (κ1) is 14.5. The van der Waals surface area contributed by atoms with Crippen LogP contribution in [0.25, 0.3) is 0 Å². The van der Waals surface area contributed by atoms with Gasteiger partial charge in [-0.3, -0.25) is 4.90 Å². The van der Waals surface area contributed by atoms with Crippen molar-refractivity contribution in [1.82, 2.24) is 4.90 Å². The molecule has 0 heterocycles. The summed E-state index contributed by atoms with van der Waals surface area (Å²) in [6.45, 7) is 2.46. The van der Waals surface area contributed by atoms with Crippen LogP contribution in [0, 0.1) is 11.6 Å². The van der Waals surface area contributed by atoms with Crippen LogP contribution in [0.1, 0.15) is 24.1 Å². The normalized spacial score (nSPS) is 12.7. The predicted octanol–water partition coefficient (Wildman–Crippen LogP) is 3.74. The van der Waals surface area contributed by atoms with Crippen molar-refractivity contribution >= 4 is 5.69 Å². The minimum atomic E-state index is -0.351. The van der Waals surface area contributed by atoms with Gasteiger partial charge in [-0.1, -0.05) is 24.3 Å². The fourth-order valence-corrected chi connectivity index (χ4v) is 2.17. The summed E-state index contributed by atoms with van der Waals surface area (Å²) >= 11 is 0. The van der Waals surface area contributed by atoms with E-state index in [9.17, 15) is 8.78 Å². The molecular weight excluding hydrogens is 258 g/mol. The molecule has 106 valence electrons. The molecule has 0 aliphatic heterocycles. The summed E-state index contributed by atoms with van der Waals surface area (Å²) in [6, 6.07) is 11.0.